The molecule has 1 aliphatic carbocycles. The summed E-state index contributed by atoms with van der Waals surface area (Å²) in [5.74, 6) is 0.456. The minimum atomic E-state index is -0.403. The molecule has 1 heterocycles. The van der Waals surface area contributed by atoms with E-state index in [1.54, 1.807) is 6.26 Å². The van der Waals surface area contributed by atoms with Crippen molar-refractivity contribution in [3.05, 3.63) is 60.1 Å². The largest absolute Gasteiger partial charge is 0.463 e. The van der Waals surface area contributed by atoms with E-state index < -0.39 is 6.03 Å². The average molecular weight is 342 g/mol. The van der Waals surface area contributed by atoms with Gasteiger partial charge in [0.25, 0.3) is 5.91 Å². The van der Waals surface area contributed by atoms with Crippen LogP contribution in [0.4, 0.5) is 4.79 Å². The predicted molar refractivity (Wildman–Crippen MR) is 92.7 cm³/mol. The van der Waals surface area contributed by atoms with E-state index in [0.29, 0.717) is 0 Å². The van der Waals surface area contributed by atoms with E-state index in [-0.39, 0.29) is 24.5 Å². The van der Waals surface area contributed by atoms with E-state index in [1.165, 1.54) is 0 Å². The number of imide groups is 1. The van der Waals surface area contributed by atoms with Gasteiger partial charge in [-0.1, -0.05) is 43.2 Å². The Kier molecular flexibility index (Phi) is 5.85. The molecule has 1 aromatic carbocycles. The van der Waals surface area contributed by atoms with Gasteiger partial charge in [-0.2, -0.15) is 0 Å². The van der Waals surface area contributed by atoms with Crippen LogP contribution in [0.5, 0.6) is 0 Å². The maximum atomic E-state index is 12.1. The quantitative estimate of drug-likeness (QED) is 0.747. The Morgan fingerprint density at radius 2 is 1.88 bits per heavy atom. The number of urea groups is 1. The predicted octanol–water partition coefficient (Wildman–Crippen LogP) is 1.70. The lowest BCUT2D eigenvalue weighted by Crippen LogP contribution is -2.87. The summed E-state index contributed by atoms with van der Waals surface area (Å²) in [5, 5.41) is 7.13. The van der Waals surface area contributed by atoms with Gasteiger partial charge in [-0.3, -0.25) is 10.1 Å². The van der Waals surface area contributed by atoms with Crippen molar-refractivity contribution in [3.63, 3.8) is 0 Å². The van der Waals surface area contributed by atoms with E-state index in [4.69, 9.17) is 4.42 Å². The molecule has 2 aromatic rings. The van der Waals surface area contributed by atoms with Gasteiger partial charge in [-0.15, -0.1) is 0 Å². The summed E-state index contributed by atoms with van der Waals surface area (Å²) in [6, 6.07) is 13.2. The van der Waals surface area contributed by atoms with Gasteiger partial charge < -0.3 is 15.1 Å². The van der Waals surface area contributed by atoms with Crippen molar-refractivity contribution in [2.75, 3.05) is 6.54 Å². The van der Waals surface area contributed by atoms with Gasteiger partial charge in [-0.25, -0.2) is 4.79 Å². The first-order valence-corrected chi connectivity index (χ1v) is 8.74. The van der Waals surface area contributed by atoms with E-state index in [9.17, 15) is 9.59 Å². The zero-order valence-corrected chi connectivity index (χ0v) is 14.1. The summed E-state index contributed by atoms with van der Waals surface area (Å²) in [5.41, 5.74) is 1.04. The second kappa shape index (κ2) is 8.48. The van der Waals surface area contributed by atoms with Crippen LogP contribution in [0.3, 0.4) is 0 Å². The lowest BCUT2D eigenvalue weighted by molar-refractivity contribution is -0.678. The number of furan rings is 1. The molecule has 1 atom stereocenters. The minimum Gasteiger partial charge on any atom is -0.463 e. The third kappa shape index (κ3) is 4.93. The number of hydrogen-bond acceptors (Lipinski definition) is 3. The number of nitrogens with two attached hydrogens (primary N) is 1. The molecular weight excluding hydrogens is 318 g/mol. The third-order valence-corrected chi connectivity index (χ3v) is 4.49. The fourth-order valence-electron chi connectivity index (χ4n) is 3.24. The molecule has 3 rings (SSSR count). The molecule has 0 saturated heterocycles. The van der Waals surface area contributed by atoms with Crippen LogP contribution in [0.25, 0.3) is 0 Å². The SMILES string of the molecule is O=C(C[NH2+][C@H](c1ccccc1)c1ccco1)NC(=O)NC1CCCC1. The Bertz CT molecular complexity index is 679. The molecule has 1 aliphatic rings. The Hall–Kier alpha value is -2.60. The number of carbonyl (C=O) groups is 2. The van der Waals surface area contributed by atoms with Gasteiger partial charge in [0.2, 0.25) is 0 Å². The summed E-state index contributed by atoms with van der Waals surface area (Å²) in [6.45, 7) is 0.137. The second-order valence-electron chi connectivity index (χ2n) is 6.35. The van der Waals surface area contributed by atoms with Gasteiger partial charge in [0, 0.05) is 11.6 Å². The molecule has 0 unspecified atom stereocenters. The van der Waals surface area contributed by atoms with Gasteiger partial charge >= 0.3 is 6.03 Å². The summed E-state index contributed by atoms with van der Waals surface area (Å²) in [4.78, 5) is 24.0. The number of rotatable bonds is 6. The molecule has 132 valence electrons. The highest BCUT2D eigenvalue weighted by Gasteiger charge is 2.23. The van der Waals surface area contributed by atoms with Crippen LogP contribution in [0.15, 0.2) is 53.1 Å². The Morgan fingerprint density at radius 1 is 1.12 bits per heavy atom. The van der Waals surface area contributed by atoms with Crippen LogP contribution < -0.4 is 16.0 Å². The molecule has 0 radical (unpaired) electrons. The van der Waals surface area contributed by atoms with Crippen LogP contribution in [-0.2, 0) is 4.79 Å². The molecule has 6 nitrogen and oxygen atoms in total. The first-order valence-electron chi connectivity index (χ1n) is 8.74. The Labute approximate surface area is 147 Å². The maximum Gasteiger partial charge on any atom is 0.321 e. The van der Waals surface area contributed by atoms with Crippen LogP contribution >= 0.6 is 0 Å². The third-order valence-electron chi connectivity index (χ3n) is 4.49. The van der Waals surface area contributed by atoms with Crippen molar-refractivity contribution in [2.45, 2.75) is 37.8 Å². The molecule has 1 aromatic heterocycles. The zero-order chi connectivity index (χ0) is 17.5. The average Bonchev–Trinajstić information content (AvgIpc) is 3.30. The van der Waals surface area contributed by atoms with Crippen molar-refractivity contribution in [2.24, 2.45) is 0 Å². The molecule has 0 bridgehead atoms. The standard InChI is InChI=1S/C19H23N3O3/c23-17(22-19(24)21-15-9-4-5-10-15)13-20-18(16-11-6-12-25-16)14-7-2-1-3-8-14/h1-3,6-8,11-12,15,18,20H,4-5,9-10,13H2,(H2,21,22,23,24)/p+1/t18-/m1/s1. The van der Waals surface area contributed by atoms with Crippen LogP contribution in [0, 0.1) is 0 Å². The van der Waals surface area contributed by atoms with Crippen molar-refractivity contribution >= 4 is 11.9 Å². The Balaban J connectivity index is 1.54. The lowest BCUT2D eigenvalue weighted by Gasteiger charge is -2.15. The van der Waals surface area contributed by atoms with Gasteiger partial charge in [0.1, 0.15) is 0 Å². The molecule has 1 fully saturated rings. The minimum absolute atomic E-state index is 0.125. The lowest BCUT2D eigenvalue weighted by atomic mass is 10.0. The van der Waals surface area contributed by atoms with Crippen LogP contribution in [0.2, 0.25) is 0 Å². The van der Waals surface area contributed by atoms with E-state index in [2.05, 4.69) is 10.6 Å². The summed E-state index contributed by atoms with van der Waals surface area (Å²) >= 11 is 0. The summed E-state index contributed by atoms with van der Waals surface area (Å²) in [6.07, 6.45) is 5.86. The molecular formula is C19H24N3O3+. The van der Waals surface area contributed by atoms with Crippen LogP contribution in [0.1, 0.15) is 43.0 Å². The number of nitrogens with one attached hydrogen (secondary N) is 2. The monoisotopic (exact) mass is 342 g/mol. The zero-order valence-electron chi connectivity index (χ0n) is 14.1. The fourth-order valence-corrected chi connectivity index (χ4v) is 3.24. The molecule has 1 saturated carbocycles. The number of carbonyl (C=O) groups excluding carboxylic acids is 2. The summed E-state index contributed by atoms with van der Waals surface area (Å²) < 4.78 is 5.51. The molecule has 25 heavy (non-hydrogen) atoms. The molecule has 3 amide bonds. The fraction of sp³-hybridized carbons (Fsp3) is 0.368. The highest BCUT2D eigenvalue weighted by Crippen LogP contribution is 2.18. The smallest absolute Gasteiger partial charge is 0.321 e. The highest BCUT2D eigenvalue weighted by atomic mass is 16.3. The van der Waals surface area contributed by atoms with E-state index in [1.807, 2.05) is 47.8 Å². The van der Waals surface area contributed by atoms with Crippen molar-refractivity contribution in [1.82, 2.24) is 10.6 Å². The molecule has 0 spiro atoms. The highest BCUT2D eigenvalue weighted by molar-refractivity contribution is 5.94. The normalized spacial score (nSPS) is 15.7. The molecule has 4 N–H and O–H groups in total. The number of hydrogen-bond donors (Lipinski definition) is 3. The molecule has 6 heteroatoms. The van der Waals surface area contributed by atoms with Crippen molar-refractivity contribution in [3.8, 4) is 0 Å². The molecule has 0 aliphatic heterocycles. The van der Waals surface area contributed by atoms with Gasteiger partial charge in [-0.05, 0) is 25.0 Å². The van der Waals surface area contributed by atoms with Crippen molar-refractivity contribution in [1.29, 1.82) is 0 Å². The topological polar surface area (TPSA) is 88.0 Å². The van der Waals surface area contributed by atoms with Crippen LogP contribution in [-0.4, -0.2) is 24.5 Å². The summed E-state index contributed by atoms with van der Waals surface area (Å²) in [7, 11) is 0. The first kappa shape index (κ1) is 17.2. The van der Waals surface area contributed by atoms with Crippen molar-refractivity contribution < 1.29 is 19.3 Å². The van der Waals surface area contributed by atoms with Gasteiger partial charge in [0.15, 0.2) is 18.3 Å². The van der Waals surface area contributed by atoms with E-state index in [0.717, 1.165) is 37.0 Å². The van der Waals surface area contributed by atoms with Gasteiger partial charge in [0.05, 0.1) is 6.26 Å². The maximum absolute atomic E-state index is 12.1. The first-order chi connectivity index (χ1) is 12.2. The number of amides is 3. The second-order valence-corrected chi connectivity index (χ2v) is 6.35. The number of benzene rings is 1. The number of quaternary nitrogens is 1. The Morgan fingerprint density at radius 3 is 2.56 bits per heavy atom. The van der Waals surface area contributed by atoms with E-state index >= 15 is 0 Å².